The second-order valence-electron chi connectivity index (χ2n) is 19.8. The summed E-state index contributed by atoms with van der Waals surface area (Å²) < 4.78 is 37.0. The van der Waals surface area contributed by atoms with Crippen LogP contribution in [0.2, 0.25) is 0 Å². The molecule has 0 bridgehead atoms. The Bertz CT molecular complexity index is 2850. The van der Waals surface area contributed by atoms with Crippen molar-refractivity contribution in [1.29, 1.82) is 0 Å². The van der Waals surface area contributed by atoms with Gasteiger partial charge in [0.15, 0.2) is 6.61 Å². The number of nitrogens with zero attached hydrogens (tertiary/aromatic N) is 4. The summed E-state index contributed by atoms with van der Waals surface area (Å²) in [4.78, 5) is 57.5. The first-order valence-corrected chi connectivity index (χ1v) is 24.9. The summed E-state index contributed by atoms with van der Waals surface area (Å²) >= 11 is 0. The average Bonchev–Trinajstić information content (AvgIpc) is 4.22. The number of ketones is 1. The number of ether oxygens (including phenoxy) is 3. The van der Waals surface area contributed by atoms with Crippen LogP contribution in [0, 0.1) is 23.6 Å². The number of benzene rings is 3. The van der Waals surface area contributed by atoms with Gasteiger partial charge in [-0.2, -0.15) is 0 Å². The van der Waals surface area contributed by atoms with Crippen LogP contribution in [0.25, 0.3) is 44.7 Å². The fourth-order valence-electron chi connectivity index (χ4n) is 10.7. The molecule has 2 aliphatic heterocycles. The van der Waals surface area contributed by atoms with E-state index in [4.69, 9.17) is 29.9 Å². The molecule has 0 radical (unpaired) electrons. The van der Waals surface area contributed by atoms with E-state index in [2.05, 4.69) is 40.5 Å². The number of likely N-dealkylation sites (tertiary alicyclic amines) is 1. The number of imidazole rings is 2. The number of likely N-dealkylation sites (N-methyl/N-ethyl adjacent to an activating group) is 1. The monoisotopic (exact) mass is 956 g/mol. The van der Waals surface area contributed by atoms with E-state index in [1.807, 2.05) is 78.9 Å². The lowest BCUT2D eigenvalue weighted by atomic mass is 9.88. The van der Waals surface area contributed by atoms with Crippen LogP contribution in [0.15, 0.2) is 73.1 Å². The third kappa shape index (κ3) is 9.86. The third-order valence-electron chi connectivity index (χ3n) is 14.4. The SMILES string of the molecule is CCNC(=O)COc1cccc(C2Oc3cc(-c4cnc(C5CCCN5C(=O)C(N)C(C)C)[nH]4)cc(F)c3-c3cc4cc(-c5cnc(C6CCCC6CCC(=O)C(NCOC)C(C)C)[nH]5)ccc4n32)c1. The zero-order valence-electron chi connectivity index (χ0n) is 41.0. The zero-order valence-corrected chi connectivity index (χ0v) is 41.0. The predicted molar refractivity (Wildman–Crippen MR) is 266 cm³/mol. The summed E-state index contributed by atoms with van der Waals surface area (Å²) in [6.07, 6.45) is 8.85. The minimum absolute atomic E-state index is 0.00487. The lowest BCUT2D eigenvalue weighted by Crippen LogP contribution is -2.46. The molecule has 6 atom stereocenters. The van der Waals surface area contributed by atoms with Crippen molar-refractivity contribution in [2.75, 3.05) is 33.5 Å². The third-order valence-corrected chi connectivity index (χ3v) is 14.4. The Kier molecular flexibility index (Phi) is 14.5. The number of carbonyl (C=O) groups is 3. The number of nitrogens with two attached hydrogens (primary N) is 1. The van der Waals surface area contributed by atoms with E-state index in [0.717, 1.165) is 72.1 Å². The molecule has 16 heteroatoms. The normalized spacial score (nSPS) is 19.6. The summed E-state index contributed by atoms with van der Waals surface area (Å²) in [5.74, 6) is 2.55. The molecule has 2 amide bonds. The summed E-state index contributed by atoms with van der Waals surface area (Å²) in [5.41, 5.74) is 11.8. The quantitative estimate of drug-likeness (QED) is 0.0490. The molecular weight excluding hydrogens is 890 g/mol. The van der Waals surface area contributed by atoms with Gasteiger partial charge in [0.2, 0.25) is 12.1 Å². The van der Waals surface area contributed by atoms with Crippen molar-refractivity contribution in [3.05, 3.63) is 96.1 Å². The van der Waals surface area contributed by atoms with Crippen molar-refractivity contribution < 1.29 is 33.0 Å². The Hall–Kier alpha value is -6.36. The van der Waals surface area contributed by atoms with E-state index >= 15 is 4.39 Å². The minimum Gasteiger partial charge on any atom is -0.484 e. The Morgan fingerprint density at radius 1 is 0.929 bits per heavy atom. The highest BCUT2D eigenvalue weighted by atomic mass is 19.1. The molecule has 1 saturated carbocycles. The van der Waals surface area contributed by atoms with Gasteiger partial charge in [-0.3, -0.25) is 19.7 Å². The van der Waals surface area contributed by atoms with Crippen LogP contribution in [0.5, 0.6) is 11.5 Å². The highest BCUT2D eigenvalue weighted by Crippen LogP contribution is 2.48. The van der Waals surface area contributed by atoms with Crippen LogP contribution >= 0.6 is 0 Å². The molecule has 6 N–H and O–H groups in total. The van der Waals surface area contributed by atoms with Crippen molar-refractivity contribution in [3.8, 4) is 45.3 Å². The topological polar surface area (TPSA) is 195 Å². The van der Waals surface area contributed by atoms with Gasteiger partial charge in [-0.15, -0.1) is 0 Å². The average molecular weight is 956 g/mol. The maximum absolute atomic E-state index is 17.0. The number of methoxy groups -OCH3 is 1. The van der Waals surface area contributed by atoms with Crippen molar-refractivity contribution >= 4 is 28.5 Å². The lowest BCUT2D eigenvalue weighted by Gasteiger charge is -2.31. The second kappa shape index (κ2) is 20.9. The Labute approximate surface area is 408 Å². The second-order valence-corrected chi connectivity index (χ2v) is 19.8. The van der Waals surface area contributed by atoms with Gasteiger partial charge in [0, 0.05) is 54.6 Å². The number of halogens is 1. The van der Waals surface area contributed by atoms with Crippen LogP contribution in [0.3, 0.4) is 0 Å². The van der Waals surface area contributed by atoms with Gasteiger partial charge in [0.25, 0.3) is 5.91 Å². The van der Waals surface area contributed by atoms with E-state index in [-0.39, 0.29) is 54.0 Å². The van der Waals surface area contributed by atoms with Crippen LogP contribution in [0.1, 0.15) is 115 Å². The smallest absolute Gasteiger partial charge is 0.257 e. The molecule has 6 unspecified atom stereocenters. The number of aromatic nitrogens is 5. The molecule has 5 heterocycles. The van der Waals surface area contributed by atoms with Gasteiger partial charge in [-0.1, -0.05) is 52.3 Å². The fourth-order valence-corrected chi connectivity index (χ4v) is 10.7. The van der Waals surface area contributed by atoms with Crippen molar-refractivity contribution in [2.45, 2.75) is 110 Å². The van der Waals surface area contributed by atoms with Gasteiger partial charge in [0.05, 0.1) is 65.4 Å². The van der Waals surface area contributed by atoms with E-state index in [0.29, 0.717) is 72.0 Å². The number of carbonyl (C=O) groups excluding carboxylic acids is 3. The van der Waals surface area contributed by atoms with E-state index < -0.39 is 18.1 Å². The largest absolute Gasteiger partial charge is 0.484 e. The van der Waals surface area contributed by atoms with Crippen molar-refractivity contribution in [3.63, 3.8) is 0 Å². The number of hydrogen-bond donors (Lipinski definition) is 5. The highest BCUT2D eigenvalue weighted by molar-refractivity contribution is 5.93. The maximum Gasteiger partial charge on any atom is 0.257 e. The van der Waals surface area contributed by atoms with Crippen molar-refractivity contribution in [2.24, 2.45) is 23.5 Å². The number of hydrogen-bond acceptors (Lipinski definition) is 10. The van der Waals surface area contributed by atoms with E-state index in [1.54, 1.807) is 19.4 Å². The van der Waals surface area contributed by atoms with Crippen molar-refractivity contribution in [1.82, 2.24) is 40.0 Å². The molecule has 9 rings (SSSR count). The number of H-pyrrole nitrogens is 2. The number of Topliss-reactive ketones (excluding diaryl/α,β-unsaturated/α-hetero) is 1. The predicted octanol–water partition coefficient (Wildman–Crippen LogP) is 8.78. The first kappa shape index (κ1) is 48.7. The molecular formula is C54H66FN9O6. The molecule has 2 fully saturated rings. The van der Waals surface area contributed by atoms with Gasteiger partial charge < -0.3 is 44.7 Å². The van der Waals surface area contributed by atoms with Crippen LogP contribution in [-0.4, -0.2) is 92.6 Å². The maximum atomic E-state index is 17.0. The summed E-state index contributed by atoms with van der Waals surface area (Å²) in [6, 6.07) is 17.8. The summed E-state index contributed by atoms with van der Waals surface area (Å²) in [5, 5.41) is 6.89. The molecule has 3 aliphatic rings. The zero-order chi connectivity index (χ0) is 49.2. The van der Waals surface area contributed by atoms with Crippen LogP contribution < -0.4 is 25.8 Å². The number of amides is 2. The number of aromatic amines is 2. The summed E-state index contributed by atoms with van der Waals surface area (Å²) in [6.45, 7) is 11.1. The first-order chi connectivity index (χ1) is 33.8. The molecule has 3 aromatic heterocycles. The van der Waals surface area contributed by atoms with Crippen LogP contribution in [-0.2, 0) is 19.1 Å². The van der Waals surface area contributed by atoms with Gasteiger partial charge in [-0.25, -0.2) is 14.4 Å². The standard InChI is InChI=1S/C54H66FN9O6/c1-7-57-47(66)28-69-37-13-8-12-34(22-37)54-64-42-18-16-33(40-26-58-51(61-40)38-14-9-11-32(38)17-19-45(65)50(31(4)5)60-29-68-6)21-36(42)24-44(64)48-39(55)23-35(25-46(48)70-54)41-27-59-52(62-41)43-15-10-20-63(43)53(67)49(56)30(2)3/h8,12-13,16,18,21-27,30-32,38,43,49-50,54,60H,7,9-11,14-15,17,19-20,28-29,56H2,1-6H3,(H,57,66)(H,58,61)(H,59,62). The molecule has 1 saturated heterocycles. The Morgan fingerprint density at radius 3 is 2.49 bits per heavy atom. The van der Waals surface area contributed by atoms with Gasteiger partial charge >= 0.3 is 0 Å². The molecule has 15 nitrogen and oxygen atoms in total. The minimum atomic E-state index is -0.745. The lowest BCUT2D eigenvalue weighted by molar-refractivity contribution is -0.134. The number of nitrogens with one attached hydrogen (secondary N) is 4. The number of fused-ring (bicyclic) bond motifs is 5. The Morgan fingerprint density at radius 2 is 1.71 bits per heavy atom. The summed E-state index contributed by atoms with van der Waals surface area (Å²) in [7, 11) is 1.62. The molecule has 70 heavy (non-hydrogen) atoms. The van der Waals surface area contributed by atoms with Gasteiger partial charge in [-0.05, 0) is 99.2 Å². The Balaban J connectivity index is 1.03. The molecule has 1 aliphatic carbocycles. The molecule has 3 aromatic carbocycles. The first-order valence-electron chi connectivity index (χ1n) is 24.9. The van der Waals surface area contributed by atoms with Gasteiger partial charge in [0.1, 0.15) is 34.7 Å². The highest BCUT2D eigenvalue weighted by Gasteiger charge is 2.37. The van der Waals surface area contributed by atoms with E-state index in [9.17, 15) is 14.4 Å². The molecule has 6 aromatic rings. The molecule has 0 spiro atoms. The van der Waals surface area contributed by atoms with E-state index in [1.165, 1.54) is 6.07 Å². The fraction of sp³-hybridized carbons (Fsp3) is 0.463. The number of rotatable bonds is 19. The van der Waals surface area contributed by atoms with Crippen LogP contribution in [0.4, 0.5) is 4.39 Å². The molecule has 370 valence electrons.